The summed E-state index contributed by atoms with van der Waals surface area (Å²) in [4.78, 5) is 6.39. The monoisotopic (exact) mass is 244 g/mol. The number of nitrogens with two attached hydrogens (primary N) is 1. The number of aliphatic hydroxyl groups excluding tert-OH is 1. The van der Waals surface area contributed by atoms with Gasteiger partial charge in [-0.05, 0) is 24.8 Å². The lowest BCUT2D eigenvalue weighted by Gasteiger charge is -2.21. The molecule has 3 rings (SSSR count). The number of aromatic nitrogens is 1. The molecule has 1 aliphatic heterocycles. The fourth-order valence-corrected chi connectivity index (χ4v) is 3.22. The molecule has 2 aliphatic rings. The molecule has 0 radical (unpaired) electrons. The number of hydrogen-bond acceptors (Lipinski definition) is 5. The van der Waals surface area contributed by atoms with Crippen LogP contribution in [0.5, 0.6) is 0 Å². The Kier molecular flexibility index (Phi) is 2.60. The summed E-state index contributed by atoms with van der Waals surface area (Å²) in [6, 6.07) is 3.71. The maximum absolute atomic E-state index is 9.90. The zero-order valence-corrected chi connectivity index (χ0v) is 10.1. The van der Waals surface area contributed by atoms with E-state index in [0.717, 1.165) is 25.9 Å². The average Bonchev–Trinajstić information content (AvgIpc) is 2.92. The quantitative estimate of drug-likeness (QED) is 0.761. The molecule has 1 saturated carbocycles. The van der Waals surface area contributed by atoms with Gasteiger partial charge >= 0.3 is 0 Å². The van der Waals surface area contributed by atoms with Gasteiger partial charge in [-0.1, -0.05) is 0 Å². The highest BCUT2D eigenvalue weighted by Crippen LogP contribution is 2.40. The van der Waals surface area contributed by atoms with Crippen molar-refractivity contribution < 1.29 is 5.11 Å². The van der Waals surface area contributed by atoms with Crippen LogP contribution in [0.15, 0.2) is 12.3 Å². The molecule has 1 saturated heterocycles. The minimum Gasteiger partial charge on any atom is -0.395 e. The van der Waals surface area contributed by atoms with E-state index in [-0.39, 0.29) is 6.10 Å². The smallest absolute Gasteiger partial charge is 0.153 e. The number of anilines is 2. The van der Waals surface area contributed by atoms with Crippen molar-refractivity contribution in [2.24, 2.45) is 11.8 Å². The first-order valence-corrected chi connectivity index (χ1v) is 6.28. The Bertz CT molecular complexity index is 510. The van der Waals surface area contributed by atoms with E-state index in [2.05, 4.69) is 16.0 Å². The number of nitrogens with zero attached hydrogens (tertiary/aromatic N) is 3. The maximum Gasteiger partial charge on any atom is 0.153 e. The Morgan fingerprint density at radius 1 is 1.44 bits per heavy atom. The van der Waals surface area contributed by atoms with E-state index in [9.17, 15) is 5.11 Å². The van der Waals surface area contributed by atoms with Gasteiger partial charge in [0.2, 0.25) is 0 Å². The molecule has 1 aromatic heterocycles. The van der Waals surface area contributed by atoms with Crippen molar-refractivity contribution in [3.63, 3.8) is 0 Å². The van der Waals surface area contributed by atoms with Gasteiger partial charge in [-0.3, -0.25) is 0 Å². The average molecular weight is 244 g/mol. The predicted octanol–water partition coefficient (Wildman–Crippen LogP) is 0.743. The Hall–Kier alpha value is -1.80. The van der Waals surface area contributed by atoms with E-state index in [1.165, 1.54) is 0 Å². The first kappa shape index (κ1) is 11.3. The van der Waals surface area contributed by atoms with Crippen molar-refractivity contribution in [3.8, 4) is 6.07 Å². The van der Waals surface area contributed by atoms with Gasteiger partial charge in [0.05, 0.1) is 17.4 Å². The standard InChI is InChI=1S/C13H16N4O/c14-5-8-3-4-16-13(12(8)15)17-6-9-1-2-11(18)10(9)7-17/h3-4,9-11,18H,1-2,6-7,15H2. The second-order valence-electron chi connectivity index (χ2n) is 5.18. The number of nitrogen functional groups attached to an aromatic ring is 1. The summed E-state index contributed by atoms with van der Waals surface area (Å²) in [7, 11) is 0. The third kappa shape index (κ3) is 1.61. The first-order chi connectivity index (χ1) is 8.70. The van der Waals surface area contributed by atoms with E-state index in [1.54, 1.807) is 12.3 Å². The summed E-state index contributed by atoms with van der Waals surface area (Å²) in [6.45, 7) is 1.67. The van der Waals surface area contributed by atoms with Crippen LogP contribution in [-0.4, -0.2) is 29.3 Å². The van der Waals surface area contributed by atoms with Crippen LogP contribution in [-0.2, 0) is 0 Å². The first-order valence-electron chi connectivity index (χ1n) is 6.28. The highest BCUT2D eigenvalue weighted by molar-refractivity contribution is 5.70. The molecular weight excluding hydrogens is 228 g/mol. The predicted molar refractivity (Wildman–Crippen MR) is 67.8 cm³/mol. The summed E-state index contributed by atoms with van der Waals surface area (Å²) in [5, 5.41) is 18.9. The largest absolute Gasteiger partial charge is 0.395 e. The molecule has 18 heavy (non-hydrogen) atoms. The topological polar surface area (TPSA) is 86.2 Å². The highest BCUT2D eigenvalue weighted by atomic mass is 16.3. The molecule has 1 aromatic rings. The molecule has 5 heteroatoms. The second kappa shape index (κ2) is 4.14. The summed E-state index contributed by atoms with van der Waals surface area (Å²) >= 11 is 0. The summed E-state index contributed by atoms with van der Waals surface area (Å²) in [5.74, 6) is 1.56. The van der Waals surface area contributed by atoms with Gasteiger partial charge < -0.3 is 15.7 Å². The number of pyridine rings is 1. The molecule has 3 atom stereocenters. The van der Waals surface area contributed by atoms with E-state index >= 15 is 0 Å². The molecular formula is C13H16N4O. The van der Waals surface area contributed by atoms with Crippen LogP contribution in [0, 0.1) is 23.2 Å². The molecule has 94 valence electrons. The minimum absolute atomic E-state index is 0.194. The normalized spacial score (nSPS) is 30.2. The van der Waals surface area contributed by atoms with Crippen molar-refractivity contribution in [1.82, 2.24) is 4.98 Å². The van der Waals surface area contributed by atoms with Crippen LogP contribution >= 0.6 is 0 Å². The number of fused-ring (bicyclic) bond motifs is 1. The van der Waals surface area contributed by atoms with E-state index in [4.69, 9.17) is 11.0 Å². The van der Waals surface area contributed by atoms with Gasteiger partial charge in [0, 0.05) is 25.2 Å². The van der Waals surface area contributed by atoms with Gasteiger partial charge in [-0.15, -0.1) is 0 Å². The van der Waals surface area contributed by atoms with Crippen LogP contribution in [0.2, 0.25) is 0 Å². The van der Waals surface area contributed by atoms with Crippen molar-refractivity contribution in [3.05, 3.63) is 17.8 Å². The van der Waals surface area contributed by atoms with Gasteiger partial charge in [0.1, 0.15) is 6.07 Å². The molecule has 0 spiro atoms. The fourth-order valence-electron chi connectivity index (χ4n) is 3.22. The zero-order chi connectivity index (χ0) is 12.7. The lowest BCUT2D eigenvalue weighted by atomic mass is 10.00. The maximum atomic E-state index is 9.90. The van der Waals surface area contributed by atoms with Crippen molar-refractivity contribution in [2.75, 3.05) is 23.7 Å². The van der Waals surface area contributed by atoms with Crippen molar-refractivity contribution >= 4 is 11.5 Å². The lowest BCUT2D eigenvalue weighted by molar-refractivity contribution is 0.133. The Balaban J connectivity index is 1.88. The van der Waals surface area contributed by atoms with Crippen molar-refractivity contribution in [1.29, 1.82) is 5.26 Å². The van der Waals surface area contributed by atoms with Gasteiger partial charge in [0.15, 0.2) is 5.82 Å². The van der Waals surface area contributed by atoms with Crippen LogP contribution in [0.25, 0.3) is 0 Å². The highest BCUT2D eigenvalue weighted by Gasteiger charge is 2.42. The Labute approximate surface area is 106 Å². The van der Waals surface area contributed by atoms with E-state index in [1.807, 2.05) is 0 Å². The SMILES string of the molecule is N#Cc1ccnc(N2CC3CCC(O)C3C2)c1N. The van der Waals surface area contributed by atoms with E-state index in [0.29, 0.717) is 28.9 Å². The number of rotatable bonds is 1. The molecule has 2 heterocycles. The van der Waals surface area contributed by atoms with Gasteiger partial charge in [-0.25, -0.2) is 4.98 Å². The zero-order valence-electron chi connectivity index (χ0n) is 10.1. The molecule has 5 nitrogen and oxygen atoms in total. The Morgan fingerprint density at radius 3 is 3.00 bits per heavy atom. The van der Waals surface area contributed by atoms with E-state index < -0.39 is 0 Å². The summed E-state index contributed by atoms with van der Waals surface area (Å²) in [6.07, 6.45) is 3.40. The third-order valence-corrected chi connectivity index (χ3v) is 4.21. The molecule has 0 amide bonds. The summed E-state index contributed by atoms with van der Waals surface area (Å²) < 4.78 is 0. The van der Waals surface area contributed by atoms with Gasteiger partial charge in [-0.2, -0.15) is 5.26 Å². The summed E-state index contributed by atoms with van der Waals surface area (Å²) in [5.41, 5.74) is 6.89. The van der Waals surface area contributed by atoms with Crippen LogP contribution in [0.1, 0.15) is 18.4 Å². The van der Waals surface area contributed by atoms with Crippen molar-refractivity contribution in [2.45, 2.75) is 18.9 Å². The molecule has 3 N–H and O–H groups in total. The minimum atomic E-state index is -0.194. The van der Waals surface area contributed by atoms with Gasteiger partial charge in [0.25, 0.3) is 0 Å². The number of hydrogen-bond donors (Lipinski definition) is 2. The molecule has 3 unspecified atom stereocenters. The molecule has 0 aromatic carbocycles. The van der Waals surface area contributed by atoms with Crippen LogP contribution < -0.4 is 10.6 Å². The molecule has 2 fully saturated rings. The lowest BCUT2D eigenvalue weighted by Crippen LogP contribution is -2.26. The molecule has 0 bridgehead atoms. The molecule has 1 aliphatic carbocycles. The van der Waals surface area contributed by atoms with Crippen LogP contribution in [0.4, 0.5) is 11.5 Å². The third-order valence-electron chi connectivity index (χ3n) is 4.21. The fraction of sp³-hybridized carbons (Fsp3) is 0.538. The second-order valence-corrected chi connectivity index (χ2v) is 5.18. The number of nitriles is 1. The number of aliphatic hydroxyl groups is 1. The Morgan fingerprint density at radius 2 is 2.28 bits per heavy atom. The van der Waals surface area contributed by atoms with Crippen LogP contribution in [0.3, 0.4) is 0 Å².